The molecule has 3 aromatic carbocycles. The Kier molecular flexibility index (Phi) is 8.36. The Bertz CT molecular complexity index is 1160. The van der Waals surface area contributed by atoms with Gasteiger partial charge >= 0.3 is 0 Å². The van der Waals surface area contributed by atoms with Crippen molar-refractivity contribution in [2.24, 2.45) is 0 Å². The molecule has 0 atom stereocenters. The van der Waals surface area contributed by atoms with Crippen LogP contribution in [0.4, 0.5) is 5.69 Å². The summed E-state index contributed by atoms with van der Waals surface area (Å²) in [7, 11) is -3.83. The van der Waals surface area contributed by atoms with E-state index in [1.807, 2.05) is 13.8 Å². The molecule has 0 aromatic heterocycles. The Morgan fingerprint density at radius 3 is 2.21 bits per heavy atom. The molecule has 0 radical (unpaired) electrons. The molecule has 33 heavy (non-hydrogen) atoms. The normalized spacial score (nSPS) is 11.1. The Balaban J connectivity index is 1.86. The molecule has 0 spiro atoms. The second-order valence-electron chi connectivity index (χ2n) is 7.58. The number of nitrogens with one attached hydrogen (secondary N) is 1. The van der Waals surface area contributed by atoms with Crippen molar-refractivity contribution < 1.29 is 17.9 Å². The lowest BCUT2D eigenvalue weighted by Crippen LogP contribution is -2.30. The molecule has 0 unspecified atom stereocenters. The van der Waals surface area contributed by atoms with Crippen LogP contribution in [0.3, 0.4) is 0 Å². The van der Waals surface area contributed by atoms with Crippen molar-refractivity contribution in [3.05, 3.63) is 88.9 Å². The summed E-state index contributed by atoms with van der Waals surface area (Å²) in [5.41, 5.74) is 2.25. The maximum Gasteiger partial charge on any atom is 0.264 e. The molecule has 3 aromatic rings. The van der Waals surface area contributed by atoms with Gasteiger partial charge in [-0.05, 0) is 67.4 Å². The van der Waals surface area contributed by atoms with Crippen LogP contribution in [0.15, 0.2) is 77.7 Å². The van der Waals surface area contributed by atoms with Crippen LogP contribution >= 0.6 is 11.6 Å². The molecule has 0 aliphatic heterocycles. The van der Waals surface area contributed by atoms with Crippen LogP contribution in [0, 0.1) is 6.92 Å². The maximum absolute atomic E-state index is 13.5. The molecular weight excluding hydrogens is 460 g/mol. The zero-order chi connectivity index (χ0) is 23.8. The molecule has 0 saturated carbocycles. The number of aryl methyl sites for hydroxylation is 1. The fourth-order valence-electron chi connectivity index (χ4n) is 3.08. The standard InChI is InChI=1S/C25H27ClN2O4S/c1-3-16-27-25(29)18-32-23-12-10-22(11-13-23)28(17-20-6-8-21(26)9-7-20)33(30,31)24-14-4-19(2)5-15-24/h4-15H,3,16-18H2,1-2H3,(H,27,29). The number of halogens is 1. The van der Waals surface area contributed by atoms with Gasteiger partial charge in [-0.2, -0.15) is 0 Å². The molecule has 0 saturated heterocycles. The average molecular weight is 487 g/mol. The summed E-state index contributed by atoms with van der Waals surface area (Å²) in [5, 5.41) is 3.32. The minimum Gasteiger partial charge on any atom is -0.484 e. The summed E-state index contributed by atoms with van der Waals surface area (Å²) < 4.78 is 33.9. The number of amides is 1. The van der Waals surface area contributed by atoms with Crippen molar-refractivity contribution in [3.63, 3.8) is 0 Å². The van der Waals surface area contributed by atoms with Crippen molar-refractivity contribution in [2.75, 3.05) is 17.5 Å². The van der Waals surface area contributed by atoms with Gasteiger partial charge in [-0.3, -0.25) is 9.10 Å². The fourth-order valence-corrected chi connectivity index (χ4v) is 4.66. The highest BCUT2D eigenvalue weighted by Crippen LogP contribution is 2.28. The number of hydrogen-bond acceptors (Lipinski definition) is 4. The Morgan fingerprint density at radius 2 is 1.61 bits per heavy atom. The molecule has 0 heterocycles. The second-order valence-corrected chi connectivity index (χ2v) is 9.88. The van der Waals surface area contributed by atoms with Gasteiger partial charge in [-0.1, -0.05) is 48.4 Å². The van der Waals surface area contributed by atoms with Crippen molar-refractivity contribution in [3.8, 4) is 5.75 Å². The number of benzene rings is 3. The van der Waals surface area contributed by atoms with Gasteiger partial charge in [0.2, 0.25) is 0 Å². The summed E-state index contributed by atoms with van der Waals surface area (Å²) in [6.07, 6.45) is 0.847. The average Bonchev–Trinajstić information content (AvgIpc) is 2.81. The summed E-state index contributed by atoms with van der Waals surface area (Å²) in [6.45, 7) is 4.50. The minimum absolute atomic E-state index is 0.102. The molecule has 0 fully saturated rings. The van der Waals surface area contributed by atoms with Crippen LogP contribution in [-0.2, 0) is 21.4 Å². The SMILES string of the molecule is CCCNC(=O)COc1ccc(N(Cc2ccc(Cl)cc2)S(=O)(=O)c2ccc(C)cc2)cc1. The summed E-state index contributed by atoms with van der Waals surface area (Å²) >= 11 is 5.99. The Morgan fingerprint density at radius 1 is 0.970 bits per heavy atom. The first-order valence-electron chi connectivity index (χ1n) is 10.6. The lowest BCUT2D eigenvalue weighted by atomic mass is 10.2. The van der Waals surface area contributed by atoms with Gasteiger partial charge in [-0.15, -0.1) is 0 Å². The van der Waals surface area contributed by atoms with E-state index in [0.29, 0.717) is 23.0 Å². The zero-order valence-electron chi connectivity index (χ0n) is 18.6. The highest BCUT2D eigenvalue weighted by atomic mass is 35.5. The smallest absolute Gasteiger partial charge is 0.264 e. The zero-order valence-corrected chi connectivity index (χ0v) is 20.2. The van der Waals surface area contributed by atoms with Gasteiger partial charge < -0.3 is 10.1 Å². The van der Waals surface area contributed by atoms with Gasteiger partial charge in [0.15, 0.2) is 6.61 Å². The van der Waals surface area contributed by atoms with Crippen LogP contribution in [0.25, 0.3) is 0 Å². The van der Waals surface area contributed by atoms with E-state index in [1.165, 1.54) is 4.31 Å². The molecule has 174 valence electrons. The molecule has 6 nitrogen and oxygen atoms in total. The highest BCUT2D eigenvalue weighted by Gasteiger charge is 2.25. The fraction of sp³-hybridized carbons (Fsp3) is 0.240. The first kappa shape index (κ1) is 24.6. The summed E-state index contributed by atoms with van der Waals surface area (Å²) in [4.78, 5) is 12.0. The minimum atomic E-state index is -3.83. The van der Waals surface area contributed by atoms with Crippen molar-refractivity contribution in [1.82, 2.24) is 5.32 Å². The molecular formula is C25H27ClN2O4S. The molecule has 1 amide bonds. The van der Waals surface area contributed by atoms with Crippen LogP contribution in [0.5, 0.6) is 5.75 Å². The molecule has 0 aliphatic carbocycles. The number of anilines is 1. The second kappa shape index (κ2) is 11.2. The number of ether oxygens (including phenoxy) is 1. The first-order valence-corrected chi connectivity index (χ1v) is 12.4. The van der Waals surface area contributed by atoms with E-state index in [0.717, 1.165) is 17.5 Å². The van der Waals surface area contributed by atoms with E-state index in [9.17, 15) is 13.2 Å². The monoisotopic (exact) mass is 486 g/mol. The van der Waals surface area contributed by atoms with E-state index in [2.05, 4.69) is 5.32 Å². The predicted molar refractivity (Wildman–Crippen MR) is 131 cm³/mol. The number of rotatable bonds is 10. The Hall–Kier alpha value is -3.03. The Labute approximate surface area is 200 Å². The highest BCUT2D eigenvalue weighted by molar-refractivity contribution is 7.92. The number of sulfonamides is 1. The van der Waals surface area contributed by atoms with Crippen LogP contribution in [0.1, 0.15) is 24.5 Å². The molecule has 0 bridgehead atoms. The summed E-state index contributed by atoms with van der Waals surface area (Å²) in [6, 6.07) is 20.5. The van der Waals surface area contributed by atoms with E-state index < -0.39 is 10.0 Å². The van der Waals surface area contributed by atoms with Crippen LogP contribution in [-0.4, -0.2) is 27.5 Å². The molecule has 8 heteroatoms. The van der Waals surface area contributed by atoms with Gasteiger partial charge in [0.25, 0.3) is 15.9 Å². The van der Waals surface area contributed by atoms with Gasteiger partial charge in [0, 0.05) is 11.6 Å². The topological polar surface area (TPSA) is 75.7 Å². The number of carbonyl (C=O) groups is 1. The van der Waals surface area contributed by atoms with Crippen molar-refractivity contribution in [1.29, 1.82) is 0 Å². The van der Waals surface area contributed by atoms with Crippen LogP contribution < -0.4 is 14.4 Å². The molecule has 3 rings (SSSR count). The molecule has 0 aliphatic rings. The predicted octanol–water partition coefficient (Wildman–Crippen LogP) is 4.95. The van der Waals surface area contributed by atoms with E-state index in [4.69, 9.17) is 16.3 Å². The van der Waals surface area contributed by atoms with E-state index >= 15 is 0 Å². The van der Waals surface area contributed by atoms with Crippen LogP contribution in [0.2, 0.25) is 5.02 Å². The van der Waals surface area contributed by atoms with E-state index in [1.54, 1.807) is 72.8 Å². The van der Waals surface area contributed by atoms with Gasteiger partial charge in [-0.25, -0.2) is 8.42 Å². The van der Waals surface area contributed by atoms with Gasteiger partial charge in [0.1, 0.15) is 5.75 Å². The third-order valence-corrected chi connectivity index (χ3v) is 6.96. The van der Waals surface area contributed by atoms with Crippen molar-refractivity contribution >= 4 is 33.2 Å². The maximum atomic E-state index is 13.5. The van der Waals surface area contributed by atoms with Gasteiger partial charge in [0.05, 0.1) is 17.1 Å². The third kappa shape index (κ3) is 6.73. The largest absolute Gasteiger partial charge is 0.484 e. The van der Waals surface area contributed by atoms with Crippen molar-refractivity contribution in [2.45, 2.75) is 31.7 Å². The van der Waals surface area contributed by atoms with E-state index in [-0.39, 0.29) is 24.0 Å². The lowest BCUT2D eigenvalue weighted by molar-refractivity contribution is -0.123. The first-order chi connectivity index (χ1) is 15.8. The number of carbonyl (C=O) groups excluding carboxylic acids is 1. The number of hydrogen-bond donors (Lipinski definition) is 1. The lowest BCUT2D eigenvalue weighted by Gasteiger charge is -2.25. The third-order valence-electron chi connectivity index (χ3n) is 4.92. The summed E-state index contributed by atoms with van der Waals surface area (Å²) in [5.74, 6) is 0.275. The number of nitrogens with zero attached hydrogens (tertiary/aromatic N) is 1. The molecule has 1 N–H and O–H groups in total. The quantitative estimate of drug-likeness (QED) is 0.440.